The fourth-order valence-electron chi connectivity index (χ4n) is 2.73. The van der Waals surface area contributed by atoms with Gasteiger partial charge >= 0.3 is 6.18 Å². The molecule has 2 N–H and O–H groups in total. The molecule has 164 valence electrons. The minimum atomic E-state index is -4.57. The number of hydrogen-bond donors (Lipinski definition) is 2. The van der Waals surface area contributed by atoms with Crippen molar-refractivity contribution in [1.29, 1.82) is 0 Å². The van der Waals surface area contributed by atoms with E-state index in [0.717, 1.165) is 18.2 Å². The number of rotatable bonds is 5. The molecular weight excluding hydrogens is 464 g/mol. The number of anilines is 2. The first-order chi connectivity index (χ1) is 15.1. The standard InChI is InChI=1S/C23H15Cl2F3N2O2/c24-16-6-2-8-18(12-16)29-21(31)20(22(32)30-19-9-3-7-17(25)13-19)11-14-4-1-5-15(10-14)23(26,27)28/h1-13H,(H,29,31)(H,30,32). The Hall–Kier alpha value is -3.29. The third-order valence-corrected chi connectivity index (χ3v) is 4.65. The Balaban J connectivity index is 1.97. The Labute approximate surface area is 191 Å². The summed E-state index contributed by atoms with van der Waals surface area (Å²) in [5.41, 5.74) is -0.668. The van der Waals surface area contributed by atoms with E-state index < -0.39 is 29.1 Å². The molecule has 0 bridgehead atoms. The van der Waals surface area contributed by atoms with Crippen LogP contribution < -0.4 is 10.6 Å². The highest BCUT2D eigenvalue weighted by molar-refractivity contribution is 6.32. The molecule has 0 aliphatic heterocycles. The van der Waals surface area contributed by atoms with Crippen molar-refractivity contribution in [3.63, 3.8) is 0 Å². The smallest absolute Gasteiger partial charge is 0.322 e. The molecule has 32 heavy (non-hydrogen) atoms. The summed E-state index contributed by atoms with van der Waals surface area (Å²) < 4.78 is 39.2. The van der Waals surface area contributed by atoms with E-state index >= 15 is 0 Å². The predicted molar refractivity (Wildman–Crippen MR) is 120 cm³/mol. The van der Waals surface area contributed by atoms with Gasteiger partial charge in [0.2, 0.25) is 0 Å². The normalized spacial score (nSPS) is 10.9. The number of amides is 2. The third-order valence-electron chi connectivity index (χ3n) is 4.18. The molecule has 2 amide bonds. The molecule has 0 radical (unpaired) electrons. The van der Waals surface area contributed by atoms with Crippen molar-refractivity contribution in [3.05, 3.63) is 99.5 Å². The molecule has 0 fully saturated rings. The van der Waals surface area contributed by atoms with Gasteiger partial charge in [0, 0.05) is 21.4 Å². The van der Waals surface area contributed by atoms with Crippen LogP contribution in [-0.2, 0) is 15.8 Å². The molecule has 4 nitrogen and oxygen atoms in total. The molecule has 0 aliphatic carbocycles. The highest BCUT2D eigenvalue weighted by atomic mass is 35.5. The third kappa shape index (κ3) is 6.35. The van der Waals surface area contributed by atoms with Crippen LogP contribution in [0.2, 0.25) is 10.0 Å². The second kappa shape index (κ2) is 9.89. The monoisotopic (exact) mass is 478 g/mol. The lowest BCUT2D eigenvalue weighted by atomic mass is 10.1. The van der Waals surface area contributed by atoms with Crippen molar-refractivity contribution in [2.45, 2.75) is 6.18 Å². The molecule has 0 heterocycles. The summed E-state index contributed by atoms with van der Waals surface area (Å²) in [5.74, 6) is -1.66. The van der Waals surface area contributed by atoms with E-state index in [4.69, 9.17) is 23.2 Å². The maximum absolute atomic E-state index is 13.1. The summed E-state index contributed by atoms with van der Waals surface area (Å²) in [6.45, 7) is 0. The molecular formula is C23H15Cl2F3N2O2. The van der Waals surface area contributed by atoms with Crippen molar-refractivity contribution in [1.82, 2.24) is 0 Å². The van der Waals surface area contributed by atoms with Gasteiger partial charge in [-0.2, -0.15) is 13.2 Å². The largest absolute Gasteiger partial charge is 0.416 e. The van der Waals surface area contributed by atoms with Gasteiger partial charge in [-0.3, -0.25) is 9.59 Å². The van der Waals surface area contributed by atoms with Gasteiger partial charge in [0.05, 0.1) is 5.56 Å². The van der Waals surface area contributed by atoms with Crippen LogP contribution in [-0.4, -0.2) is 11.8 Å². The molecule has 0 aromatic heterocycles. The van der Waals surface area contributed by atoms with Gasteiger partial charge in [-0.1, -0.05) is 47.5 Å². The maximum Gasteiger partial charge on any atom is 0.416 e. The number of benzene rings is 3. The summed E-state index contributed by atoms with van der Waals surface area (Å²) in [7, 11) is 0. The number of nitrogens with one attached hydrogen (secondary N) is 2. The fraction of sp³-hybridized carbons (Fsp3) is 0.0435. The first-order valence-electron chi connectivity index (χ1n) is 9.14. The van der Waals surface area contributed by atoms with Gasteiger partial charge < -0.3 is 10.6 Å². The molecule has 3 aromatic rings. The van der Waals surface area contributed by atoms with E-state index in [0.29, 0.717) is 21.4 Å². The van der Waals surface area contributed by atoms with Gasteiger partial charge in [0.25, 0.3) is 11.8 Å². The van der Waals surface area contributed by atoms with Crippen LogP contribution in [0.1, 0.15) is 11.1 Å². The van der Waals surface area contributed by atoms with Gasteiger partial charge in [0.1, 0.15) is 5.57 Å². The molecule has 0 saturated carbocycles. The Kier molecular flexibility index (Phi) is 7.22. The van der Waals surface area contributed by atoms with E-state index in [2.05, 4.69) is 10.6 Å². The zero-order chi connectivity index (χ0) is 23.3. The van der Waals surface area contributed by atoms with Gasteiger partial charge in [-0.25, -0.2) is 0 Å². The van der Waals surface area contributed by atoms with Crippen LogP contribution in [0, 0.1) is 0 Å². The quantitative estimate of drug-likeness (QED) is 0.244. The molecule has 0 spiro atoms. The van der Waals surface area contributed by atoms with Gasteiger partial charge in [-0.15, -0.1) is 0 Å². The molecule has 3 aromatic carbocycles. The highest BCUT2D eigenvalue weighted by Crippen LogP contribution is 2.30. The van der Waals surface area contributed by atoms with Gasteiger partial charge in [0.15, 0.2) is 0 Å². The molecule has 0 saturated heterocycles. The first kappa shape index (κ1) is 23.4. The zero-order valence-corrected chi connectivity index (χ0v) is 17.7. The lowest BCUT2D eigenvalue weighted by molar-refractivity contribution is -0.137. The van der Waals surface area contributed by atoms with E-state index in [1.807, 2.05) is 0 Å². The molecule has 0 aliphatic rings. The van der Waals surface area contributed by atoms with Crippen molar-refractivity contribution < 1.29 is 22.8 Å². The van der Waals surface area contributed by atoms with Crippen molar-refractivity contribution in [3.8, 4) is 0 Å². The Morgan fingerprint density at radius 2 is 1.25 bits per heavy atom. The van der Waals surface area contributed by atoms with E-state index in [1.54, 1.807) is 36.4 Å². The van der Waals surface area contributed by atoms with Crippen molar-refractivity contribution in [2.24, 2.45) is 0 Å². The average Bonchev–Trinajstić information content (AvgIpc) is 2.71. The Bertz CT molecular complexity index is 1130. The van der Waals surface area contributed by atoms with Gasteiger partial charge in [-0.05, 0) is 60.2 Å². The minimum Gasteiger partial charge on any atom is -0.322 e. The first-order valence-corrected chi connectivity index (χ1v) is 9.90. The fourth-order valence-corrected chi connectivity index (χ4v) is 3.12. The lowest BCUT2D eigenvalue weighted by Gasteiger charge is -2.12. The molecule has 0 atom stereocenters. The van der Waals surface area contributed by atoms with Crippen LogP contribution in [0.4, 0.5) is 24.5 Å². The topological polar surface area (TPSA) is 58.2 Å². The van der Waals surface area contributed by atoms with E-state index in [9.17, 15) is 22.8 Å². The second-order valence-electron chi connectivity index (χ2n) is 6.61. The Morgan fingerprint density at radius 1 is 0.750 bits per heavy atom. The summed E-state index contributed by atoms with van der Waals surface area (Å²) in [5, 5.41) is 5.76. The summed E-state index contributed by atoms with van der Waals surface area (Å²) >= 11 is 11.8. The van der Waals surface area contributed by atoms with E-state index in [-0.39, 0.29) is 5.56 Å². The number of carbonyl (C=O) groups is 2. The van der Waals surface area contributed by atoms with Crippen molar-refractivity contribution >= 4 is 52.5 Å². The van der Waals surface area contributed by atoms with Crippen LogP contribution in [0.3, 0.4) is 0 Å². The number of carbonyl (C=O) groups excluding carboxylic acids is 2. The van der Waals surface area contributed by atoms with Crippen LogP contribution in [0.15, 0.2) is 78.4 Å². The maximum atomic E-state index is 13.1. The molecule has 9 heteroatoms. The SMILES string of the molecule is O=C(Nc1cccc(Cl)c1)C(=Cc1cccc(C(F)(F)F)c1)C(=O)Nc1cccc(Cl)c1. The number of alkyl halides is 3. The summed E-state index contributed by atoms with van der Waals surface area (Å²) in [4.78, 5) is 25.8. The lowest BCUT2D eigenvalue weighted by Crippen LogP contribution is -2.25. The van der Waals surface area contributed by atoms with Crippen LogP contribution >= 0.6 is 23.2 Å². The van der Waals surface area contributed by atoms with E-state index in [1.165, 1.54) is 24.3 Å². The van der Waals surface area contributed by atoms with Crippen molar-refractivity contribution in [2.75, 3.05) is 10.6 Å². The summed E-state index contributed by atoms with van der Waals surface area (Å²) in [6, 6.07) is 16.7. The number of halogens is 5. The van der Waals surface area contributed by atoms with Crippen LogP contribution in [0.25, 0.3) is 6.08 Å². The predicted octanol–water partition coefficient (Wildman–Crippen LogP) is 6.67. The highest BCUT2D eigenvalue weighted by Gasteiger charge is 2.30. The van der Waals surface area contributed by atoms with Crippen LogP contribution in [0.5, 0.6) is 0 Å². The molecule has 0 unspecified atom stereocenters. The Morgan fingerprint density at radius 3 is 1.72 bits per heavy atom. The average molecular weight is 479 g/mol. The molecule has 3 rings (SSSR count). The summed E-state index contributed by atoms with van der Waals surface area (Å²) in [6.07, 6.45) is -3.49. The number of hydrogen-bond acceptors (Lipinski definition) is 2. The zero-order valence-electron chi connectivity index (χ0n) is 16.2. The second-order valence-corrected chi connectivity index (χ2v) is 7.48. The minimum absolute atomic E-state index is 0.0253.